The van der Waals surface area contributed by atoms with E-state index in [-0.39, 0.29) is 23.9 Å². The van der Waals surface area contributed by atoms with E-state index in [9.17, 15) is 14.4 Å². The topological polar surface area (TPSA) is 72.5 Å². The Balaban J connectivity index is 2.16. The van der Waals surface area contributed by atoms with Gasteiger partial charge in [0.15, 0.2) is 5.78 Å². The summed E-state index contributed by atoms with van der Waals surface area (Å²) >= 11 is 5.78. The Morgan fingerprint density at radius 3 is 2.35 bits per heavy atom. The van der Waals surface area contributed by atoms with Crippen molar-refractivity contribution in [2.75, 3.05) is 11.9 Å². The average molecular weight is 332 g/mol. The smallest absolute Gasteiger partial charge is 0.340 e. The number of esters is 1. The quantitative estimate of drug-likeness (QED) is 0.853. The molecule has 1 amide bonds. The molecular formula is C17H14ClNO4. The Bertz CT molecular complexity index is 741. The highest BCUT2D eigenvalue weighted by atomic mass is 35.5. The number of anilines is 1. The first-order chi connectivity index (χ1) is 11.0. The van der Waals surface area contributed by atoms with Gasteiger partial charge >= 0.3 is 5.97 Å². The van der Waals surface area contributed by atoms with Crippen LogP contribution in [0, 0.1) is 0 Å². The van der Waals surface area contributed by atoms with E-state index in [1.54, 1.807) is 42.5 Å². The number of nitrogens with one attached hydrogen (secondary N) is 1. The van der Waals surface area contributed by atoms with Gasteiger partial charge in [-0.1, -0.05) is 23.7 Å². The predicted molar refractivity (Wildman–Crippen MR) is 86.8 cm³/mol. The number of ketones is 1. The predicted octanol–water partition coefficient (Wildman–Crippen LogP) is 3.34. The Kier molecular flexibility index (Phi) is 5.49. The first-order valence-corrected chi connectivity index (χ1v) is 7.17. The van der Waals surface area contributed by atoms with E-state index in [2.05, 4.69) is 5.32 Å². The van der Waals surface area contributed by atoms with Gasteiger partial charge in [-0.15, -0.1) is 0 Å². The molecular weight excluding hydrogens is 318 g/mol. The highest BCUT2D eigenvalue weighted by Gasteiger charge is 2.15. The summed E-state index contributed by atoms with van der Waals surface area (Å²) in [7, 11) is 0. The Hall–Kier alpha value is -2.66. The maximum Gasteiger partial charge on any atom is 0.340 e. The fraction of sp³-hybridized carbons (Fsp3) is 0.118. The number of carbonyl (C=O) groups excluding carboxylic acids is 3. The number of carbonyl (C=O) groups is 3. The van der Waals surface area contributed by atoms with Crippen LogP contribution in [0.2, 0.25) is 5.02 Å². The summed E-state index contributed by atoms with van der Waals surface area (Å²) in [5.74, 6) is -1.32. The number of Topliss-reactive ketones (excluding diaryl/α,β-unsaturated/α-hetero) is 1. The van der Waals surface area contributed by atoms with E-state index < -0.39 is 5.97 Å². The second-order valence-electron chi connectivity index (χ2n) is 4.78. The van der Waals surface area contributed by atoms with Gasteiger partial charge in [0.25, 0.3) is 5.91 Å². The first-order valence-electron chi connectivity index (χ1n) is 6.80. The zero-order valence-electron chi connectivity index (χ0n) is 12.3. The Morgan fingerprint density at radius 2 is 1.70 bits per heavy atom. The molecule has 0 bridgehead atoms. The summed E-state index contributed by atoms with van der Waals surface area (Å²) in [4.78, 5) is 35.1. The van der Waals surface area contributed by atoms with Gasteiger partial charge < -0.3 is 10.1 Å². The molecule has 6 heteroatoms. The summed E-state index contributed by atoms with van der Waals surface area (Å²) in [5.41, 5.74) is 0.887. The molecule has 0 radical (unpaired) electrons. The molecule has 2 rings (SSSR count). The van der Waals surface area contributed by atoms with Gasteiger partial charge in [0.1, 0.15) is 6.61 Å². The molecule has 0 fully saturated rings. The van der Waals surface area contributed by atoms with Crippen molar-refractivity contribution in [3.05, 3.63) is 64.7 Å². The van der Waals surface area contributed by atoms with Gasteiger partial charge in [0, 0.05) is 10.6 Å². The standard InChI is InChI=1S/C17H14ClNO4/c1-11(20)10-23-17(22)14-4-2-3-5-15(14)19-16(21)12-6-8-13(18)9-7-12/h2-9H,10H2,1H3,(H,19,21). The molecule has 0 unspecified atom stereocenters. The lowest BCUT2D eigenvalue weighted by atomic mass is 10.1. The summed E-state index contributed by atoms with van der Waals surface area (Å²) in [6.45, 7) is 1.01. The van der Waals surface area contributed by atoms with Crippen molar-refractivity contribution in [2.45, 2.75) is 6.92 Å². The number of halogens is 1. The summed E-state index contributed by atoms with van der Waals surface area (Å²) in [6, 6.07) is 12.8. The number of para-hydroxylation sites is 1. The minimum atomic E-state index is -0.674. The van der Waals surface area contributed by atoms with E-state index in [1.807, 2.05) is 0 Å². The Morgan fingerprint density at radius 1 is 1.04 bits per heavy atom. The molecule has 0 spiro atoms. The van der Waals surface area contributed by atoms with Crippen molar-refractivity contribution in [1.29, 1.82) is 0 Å². The lowest BCUT2D eigenvalue weighted by Gasteiger charge is -2.10. The largest absolute Gasteiger partial charge is 0.454 e. The third-order valence-corrected chi connectivity index (χ3v) is 3.16. The molecule has 0 atom stereocenters. The van der Waals surface area contributed by atoms with Crippen LogP contribution >= 0.6 is 11.6 Å². The molecule has 1 N–H and O–H groups in total. The normalized spacial score (nSPS) is 10.0. The number of rotatable bonds is 5. The fourth-order valence-corrected chi connectivity index (χ4v) is 1.94. The number of amides is 1. The van der Waals surface area contributed by atoms with Crippen LogP contribution in [-0.2, 0) is 9.53 Å². The maximum absolute atomic E-state index is 12.2. The van der Waals surface area contributed by atoms with Crippen molar-refractivity contribution in [1.82, 2.24) is 0 Å². The summed E-state index contributed by atoms with van der Waals surface area (Å²) in [6.07, 6.45) is 0. The van der Waals surface area contributed by atoms with E-state index in [1.165, 1.54) is 13.0 Å². The van der Waals surface area contributed by atoms with Gasteiger partial charge in [-0.3, -0.25) is 9.59 Å². The highest BCUT2D eigenvalue weighted by molar-refractivity contribution is 6.30. The summed E-state index contributed by atoms with van der Waals surface area (Å²) in [5, 5.41) is 3.17. The number of hydrogen-bond acceptors (Lipinski definition) is 4. The molecule has 0 aliphatic heterocycles. The van der Waals surface area contributed by atoms with Gasteiger partial charge in [-0.25, -0.2) is 4.79 Å². The van der Waals surface area contributed by atoms with Crippen LogP contribution in [0.4, 0.5) is 5.69 Å². The molecule has 0 aliphatic carbocycles. The molecule has 118 valence electrons. The van der Waals surface area contributed by atoms with Gasteiger partial charge in [-0.05, 0) is 43.3 Å². The first kappa shape index (κ1) is 16.7. The van der Waals surface area contributed by atoms with E-state index >= 15 is 0 Å². The number of benzene rings is 2. The molecule has 2 aromatic carbocycles. The lowest BCUT2D eigenvalue weighted by Crippen LogP contribution is -2.17. The maximum atomic E-state index is 12.2. The minimum Gasteiger partial charge on any atom is -0.454 e. The Labute approximate surface area is 138 Å². The van der Waals surface area contributed by atoms with Crippen molar-refractivity contribution < 1.29 is 19.1 Å². The van der Waals surface area contributed by atoms with Crippen molar-refractivity contribution in [3.63, 3.8) is 0 Å². The molecule has 2 aromatic rings. The summed E-state index contributed by atoms with van der Waals surface area (Å²) < 4.78 is 4.88. The molecule has 0 aromatic heterocycles. The van der Waals surface area contributed by atoms with Crippen LogP contribution in [0.3, 0.4) is 0 Å². The lowest BCUT2D eigenvalue weighted by molar-refractivity contribution is -0.120. The van der Waals surface area contributed by atoms with Gasteiger partial charge in [0.05, 0.1) is 11.3 Å². The molecule has 0 saturated heterocycles. The second kappa shape index (κ2) is 7.56. The van der Waals surface area contributed by atoms with Crippen LogP contribution in [0.25, 0.3) is 0 Å². The third-order valence-electron chi connectivity index (χ3n) is 2.91. The molecule has 0 heterocycles. The van der Waals surface area contributed by atoms with E-state index in [0.29, 0.717) is 16.3 Å². The van der Waals surface area contributed by atoms with Crippen molar-refractivity contribution in [3.8, 4) is 0 Å². The SMILES string of the molecule is CC(=O)COC(=O)c1ccccc1NC(=O)c1ccc(Cl)cc1. The van der Waals surface area contributed by atoms with Crippen LogP contribution < -0.4 is 5.32 Å². The van der Waals surface area contributed by atoms with Crippen molar-refractivity contribution in [2.24, 2.45) is 0 Å². The number of ether oxygens (including phenoxy) is 1. The van der Waals surface area contributed by atoms with Crippen molar-refractivity contribution >= 4 is 34.9 Å². The van der Waals surface area contributed by atoms with Crippen LogP contribution in [0.15, 0.2) is 48.5 Å². The van der Waals surface area contributed by atoms with E-state index in [4.69, 9.17) is 16.3 Å². The monoisotopic (exact) mass is 331 g/mol. The van der Waals surface area contributed by atoms with Gasteiger partial charge in [-0.2, -0.15) is 0 Å². The van der Waals surface area contributed by atoms with Crippen LogP contribution in [-0.4, -0.2) is 24.3 Å². The third kappa shape index (κ3) is 4.66. The fourth-order valence-electron chi connectivity index (χ4n) is 1.81. The molecule has 5 nitrogen and oxygen atoms in total. The van der Waals surface area contributed by atoms with Crippen LogP contribution in [0.5, 0.6) is 0 Å². The van der Waals surface area contributed by atoms with Gasteiger partial charge in [0.2, 0.25) is 0 Å². The second-order valence-corrected chi connectivity index (χ2v) is 5.22. The molecule has 0 saturated carbocycles. The average Bonchev–Trinajstić information content (AvgIpc) is 2.53. The molecule has 0 aliphatic rings. The zero-order valence-corrected chi connectivity index (χ0v) is 13.1. The zero-order chi connectivity index (χ0) is 16.8. The highest BCUT2D eigenvalue weighted by Crippen LogP contribution is 2.18. The van der Waals surface area contributed by atoms with E-state index in [0.717, 1.165) is 0 Å². The molecule has 23 heavy (non-hydrogen) atoms. The number of hydrogen-bond donors (Lipinski definition) is 1. The minimum absolute atomic E-state index is 0.177. The van der Waals surface area contributed by atoms with Crippen LogP contribution in [0.1, 0.15) is 27.6 Å².